The van der Waals surface area contributed by atoms with E-state index >= 15 is 0 Å². The highest BCUT2D eigenvalue weighted by Crippen LogP contribution is 2.02. The SMILES string of the molecule is Cc1cc(C(=O)NCCCCCCC(=O)O)n[nH]1. The van der Waals surface area contributed by atoms with Crippen LogP contribution in [-0.2, 0) is 4.79 Å². The Bertz CT molecular complexity index is 401. The van der Waals surface area contributed by atoms with Crippen molar-refractivity contribution >= 4 is 11.9 Å². The minimum absolute atomic E-state index is 0.176. The Kier molecular flexibility index (Phi) is 5.90. The van der Waals surface area contributed by atoms with Crippen molar-refractivity contribution in [2.45, 2.75) is 39.0 Å². The Labute approximate surface area is 106 Å². The van der Waals surface area contributed by atoms with Gasteiger partial charge in [0.25, 0.3) is 5.91 Å². The van der Waals surface area contributed by atoms with E-state index in [-0.39, 0.29) is 12.3 Å². The summed E-state index contributed by atoms with van der Waals surface area (Å²) in [5, 5.41) is 17.8. The largest absolute Gasteiger partial charge is 0.481 e. The van der Waals surface area contributed by atoms with E-state index in [0.29, 0.717) is 18.7 Å². The molecular formula is C12H19N3O3. The molecule has 1 aromatic rings. The van der Waals surface area contributed by atoms with Crippen LogP contribution >= 0.6 is 0 Å². The average molecular weight is 253 g/mol. The van der Waals surface area contributed by atoms with Crippen molar-refractivity contribution in [3.63, 3.8) is 0 Å². The first-order chi connectivity index (χ1) is 8.59. The van der Waals surface area contributed by atoms with Crippen molar-refractivity contribution in [3.05, 3.63) is 17.5 Å². The first-order valence-corrected chi connectivity index (χ1v) is 6.11. The lowest BCUT2D eigenvalue weighted by Crippen LogP contribution is -2.24. The normalized spacial score (nSPS) is 10.3. The van der Waals surface area contributed by atoms with Crippen LogP contribution in [0.4, 0.5) is 0 Å². The third-order valence-corrected chi connectivity index (χ3v) is 2.54. The zero-order chi connectivity index (χ0) is 13.4. The number of hydrogen-bond donors (Lipinski definition) is 3. The van der Waals surface area contributed by atoms with E-state index in [4.69, 9.17) is 5.11 Å². The number of carbonyl (C=O) groups is 2. The molecule has 0 saturated carbocycles. The van der Waals surface area contributed by atoms with Crippen LogP contribution in [0.1, 0.15) is 48.3 Å². The van der Waals surface area contributed by atoms with Gasteiger partial charge in [-0.1, -0.05) is 12.8 Å². The van der Waals surface area contributed by atoms with Crippen molar-refractivity contribution in [3.8, 4) is 0 Å². The summed E-state index contributed by atoms with van der Waals surface area (Å²) in [7, 11) is 0. The molecule has 6 nitrogen and oxygen atoms in total. The number of aromatic amines is 1. The van der Waals surface area contributed by atoms with Gasteiger partial charge in [-0.25, -0.2) is 0 Å². The van der Waals surface area contributed by atoms with Crippen molar-refractivity contribution in [1.82, 2.24) is 15.5 Å². The maximum absolute atomic E-state index is 11.6. The fraction of sp³-hybridized carbons (Fsp3) is 0.583. The molecule has 0 aliphatic carbocycles. The van der Waals surface area contributed by atoms with Crippen molar-refractivity contribution in [1.29, 1.82) is 0 Å². The van der Waals surface area contributed by atoms with Crippen LogP contribution in [-0.4, -0.2) is 33.7 Å². The van der Waals surface area contributed by atoms with Gasteiger partial charge in [0.05, 0.1) is 0 Å². The molecule has 0 aliphatic heterocycles. The molecule has 0 spiro atoms. The van der Waals surface area contributed by atoms with E-state index in [1.165, 1.54) is 0 Å². The van der Waals surface area contributed by atoms with Gasteiger partial charge in [0, 0.05) is 18.7 Å². The second-order valence-corrected chi connectivity index (χ2v) is 4.25. The average Bonchev–Trinajstić information content (AvgIpc) is 2.74. The van der Waals surface area contributed by atoms with Crippen molar-refractivity contribution in [2.24, 2.45) is 0 Å². The van der Waals surface area contributed by atoms with Crippen LogP contribution in [0, 0.1) is 6.92 Å². The van der Waals surface area contributed by atoms with Gasteiger partial charge in [-0.2, -0.15) is 5.10 Å². The van der Waals surface area contributed by atoms with E-state index in [9.17, 15) is 9.59 Å². The van der Waals surface area contributed by atoms with Crippen LogP contribution in [0.2, 0.25) is 0 Å². The molecule has 0 radical (unpaired) electrons. The quantitative estimate of drug-likeness (QED) is 0.611. The molecule has 0 aliphatic rings. The molecule has 0 aromatic carbocycles. The third kappa shape index (κ3) is 5.47. The molecule has 3 N–H and O–H groups in total. The summed E-state index contributed by atoms with van der Waals surface area (Å²) in [4.78, 5) is 21.8. The lowest BCUT2D eigenvalue weighted by Gasteiger charge is -2.02. The van der Waals surface area contributed by atoms with Crippen LogP contribution < -0.4 is 5.32 Å². The second-order valence-electron chi connectivity index (χ2n) is 4.25. The maximum atomic E-state index is 11.6. The van der Waals surface area contributed by atoms with Crippen LogP contribution in [0.15, 0.2) is 6.07 Å². The third-order valence-electron chi connectivity index (χ3n) is 2.54. The Morgan fingerprint density at radius 1 is 1.33 bits per heavy atom. The van der Waals surface area contributed by atoms with Gasteiger partial charge in [-0.05, 0) is 25.8 Å². The lowest BCUT2D eigenvalue weighted by molar-refractivity contribution is -0.137. The molecule has 1 aromatic heterocycles. The smallest absolute Gasteiger partial charge is 0.303 e. The molecule has 100 valence electrons. The maximum Gasteiger partial charge on any atom is 0.303 e. The number of nitrogens with one attached hydrogen (secondary N) is 2. The number of hydrogen-bond acceptors (Lipinski definition) is 3. The predicted molar refractivity (Wildman–Crippen MR) is 66.4 cm³/mol. The van der Waals surface area contributed by atoms with Gasteiger partial charge in [0.1, 0.15) is 5.69 Å². The molecule has 1 rings (SSSR count). The standard InChI is InChI=1S/C12H19N3O3/c1-9-8-10(15-14-9)12(18)13-7-5-3-2-4-6-11(16)17/h8H,2-7H2,1H3,(H,13,18)(H,14,15)(H,16,17). The van der Waals surface area contributed by atoms with Gasteiger partial charge in [0.2, 0.25) is 0 Å². The number of amides is 1. The van der Waals surface area contributed by atoms with E-state index in [0.717, 1.165) is 25.0 Å². The monoisotopic (exact) mass is 253 g/mol. The number of carboxylic acids is 1. The predicted octanol–water partition coefficient (Wildman–Crippen LogP) is 1.48. The Morgan fingerprint density at radius 3 is 2.67 bits per heavy atom. The van der Waals surface area contributed by atoms with Gasteiger partial charge >= 0.3 is 5.97 Å². The number of aromatic nitrogens is 2. The summed E-state index contributed by atoms with van der Waals surface area (Å²) in [6.45, 7) is 2.43. The lowest BCUT2D eigenvalue weighted by atomic mass is 10.1. The number of H-pyrrole nitrogens is 1. The number of rotatable bonds is 8. The Hall–Kier alpha value is -1.85. The summed E-state index contributed by atoms with van der Waals surface area (Å²) in [5.41, 5.74) is 1.26. The minimum atomic E-state index is -0.753. The first kappa shape index (κ1) is 14.2. The van der Waals surface area contributed by atoms with E-state index < -0.39 is 5.97 Å². The van der Waals surface area contributed by atoms with Gasteiger partial charge in [-0.15, -0.1) is 0 Å². The molecule has 1 heterocycles. The highest BCUT2D eigenvalue weighted by atomic mass is 16.4. The van der Waals surface area contributed by atoms with Crippen LogP contribution in [0.5, 0.6) is 0 Å². The Balaban J connectivity index is 2.04. The summed E-state index contributed by atoms with van der Waals surface area (Å²) < 4.78 is 0. The number of carbonyl (C=O) groups excluding carboxylic acids is 1. The summed E-state index contributed by atoms with van der Waals surface area (Å²) in [6.07, 6.45) is 3.58. The second kappa shape index (κ2) is 7.47. The number of unbranched alkanes of at least 4 members (excludes halogenated alkanes) is 3. The molecule has 0 saturated heterocycles. The fourth-order valence-corrected chi connectivity index (χ4v) is 1.58. The molecule has 0 unspecified atom stereocenters. The highest BCUT2D eigenvalue weighted by molar-refractivity contribution is 5.92. The molecule has 0 fully saturated rings. The molecule has 0 atom stereocenters. The molecule has 18 heavy (non-hydrogen) atoms. The highest BCUT2D eigenvalue weighted by Gasteiger charge is 2.07. The zero-order valence-electron chi connectivity index (χ0n) is 10.5. The molecule has 1 amide bonds. The Morgan fingerprint density at radius 2 is 2.06 bits per heavy atom. The summed E-state index contributed by atoms with van der Waals surface area (Å²) in [6, 6.07) is 1.70. The number of nitrogens with zero attached hydrogens (tertiary/aromatic N) is 1. The van der Waals surface area contributed by atoms with Gasteiger partial charge < -0.3 is 10.4 Å². The number of aliphatic carboxylic acids is 1. The first-order valence-electron chi connectivity index (χ1n) is 6.11. The van der Waals surface area contributed by atoms with Crippen LogP contribution in [0.3, 0.4) is 0 Å². The zero-order valence-corrected chi connectivity index (χ0v) is 10.5. The van der Waals surface area contributed by atoms with E-state index in [2.05, 4.69) is 15.5 Å². The minimum Gasteiger partial charge on any atom is -0.481 e. The molecule has 0 bridgehead atoms. The summed E-state index contributed by atoms with van der Waals surface area (Å²) in [5.74, 6) is -0.929. The number of carboxylic acid groups (broad SMARTS) is 1. The van der Waals surface area contributed by atoms with Crippen molar-refractivity contribution < 1.29 is 14.7 Å². The van der Waals surface area contributed by atoms with Gasteiger partial charge in [-0.3, -0.25) is 14.7 Å². The number of aryl methyl sites for hydroxylation is 1. The topological polar surface area (TPSA) is 95.1 Å². The van der Waals surface area contributed by atoms with Crippen molar-refractivity contribution in [2.75, 3.05) is 6.54 Å². The van der Waals surface area contributed by atoms with Gasteiger partial charge in [0.15, 0.2) is 0 Å². The molecular weight excluding hydrogens is 234 g/mol. The van der Waals surface area contributed by atoms with Crippen LogP contribution in [0.25, 0.3) is 0 Å². The van der Waals surface area contributed by atoms with E-state index in [1.807, 2.05) is 6.92 Å². The van der Waals surface area contributed by atoms with E-state index in [1.54, 1.807) is 6.07 Å². The summed E-state index contributed by atoms with van der Waals surface area (Å²) >= 11 is 0. The fourth-order valence-electron chi connectivity index (χ4n) is 1.58. The molecule has 6 heteroatoms.